The molecule has 0 bridgehead atoms. The third-order valence-corrected chi connectivity index (χ3v) is 2.41. The van der Waals surface area contributed by atoms with E-state index in [-0.39, 0.29) is 6.54 Å². The number of aromatic amines is 1. The molecule has 0 fully saturated rings. The molecule has 2 rings (SSSR count). The van der Waals surface area contributed by atoms with Gasteiger partial charge in [0.15, 0.2) is 5.82 Å². The molecule has 0 saturated heterocycles. The Hall–Kier alpha value is -2.51. The van der Waals surface area contributed by atoms with Gasteiger partial charge in [0, 0.05) is 12.1 Å². The van der Waals surface area contributed by atoms with E-state index in [0.717, 1.165) is 0 Å². The third kappa shape index (κ3) is 4.51. The van der Waals surface area contributed by atoms with Crippen LogP contribution < -0.4 is 5.32 Å². The number of rotatable bonds is 3. The fourth-order valence-electron chi connectivity index (χ4n) is 1.66. The average Bonchev–Trinajstić information content (AvgIpc) is 2.87. The maximum atomic E-state index is 13.6. The summed E-state index contributed by atoms with van der Waals surface area (Å²) in [6.07, 6.45) is -0.561. The van der Waals surface area contributed by atoms with Gasteiger partial charge < -0.3 is 10.1 Å². The number of H-pyrrole nitrogens is 1. The van der Waals surface area contributed by atoms with Crippen molar-refractivity contribution in [1.29, 1.82) is 0 Å². The topological polar surface area (TPSA) is 92.8 Å². The van der Waals surface area contributed by atoms with Crippen LogP contribution in [-0.2, 0) is 11.3 Å². The molecule has 1 amide bonds. The normalized spacial score (nSPS) is 11.2. The van der Waals surface area contributed by atoms with Gasteiger partial charge in [-0.3, -0.25) is 0 Å². The zero-order chi connectivity index (χ0) is 15.5. The zero-order valence-corrected chi connectivity index (χ0v) is 12.0. The molecule has 2 aromatic rings. The highest BCUT2D eigenvalue weighted by molar-refractivity contribution is 5.67. The number of benzene rings is 1. The number of hydrogen-bond acceptors (Lipinski definition) is 5. The van der Waals surface area contributed by atoms with Crippen molar-refractivity contribution < 1.29 is 13.9 Å². The third-order valence-electron chi connectivity index (χ3n) is 2.41. The van der Waals surface area contributed by atoms with Gasteiger partial charge in [-0.1, -0.05) is 0 Å². The van der Waals surface area contributed by atoms with E-state index in [0.29, 0.717) is 17.0 Å². The van der Waals surface area contributed by atoms with E-state index in [1.807, 2.05) is 0 Å². The van der Waals surface area contributed by atoms with E-state index < -0.39 is 17.5 Å². The van der Waals surface area contributed by atoms with Gasteiger partial charge >= 0.3 is 6.09 Å². The second-order valence-electron chi connectivity index (χ2n) is 5.45. The van der Waals surface area contributed by atoms with Crippen LogP contribution in [0.4, 0.5) is 9.18 Å². The van der Waals surface area contributed by atoms with E-state index >= 15 is 0 Å². The molecule has 0 aliphatic rings. The number of amides is 1. The lowest BCUT2D eigenvalue weighted by molar-refractivity contribution is 0.0523. The Morgan fingerprint density at radius 1 is 1.38 bits per heavy atom. The van der Waals surface area contributed by atoms with E-state index in [9.17, 15) is 9.18 Å². The number of nitrogens with one attached hydrogen (secondary N) is 2. The second kappa shape index (κ2) is 5.86. The number of aromatic nitrogens is 4. The molecular weight excluding hydrogens is 277 g/mol. The molecule has 0 atom stereocenters. The minimum absolute atomic E-state index is 0.140. The van der Waals surface area contributed by atoms with Crippen LogP contribution in [0, 0.1) is 5.82 Å². The molecule has 0 aliphatic heterocycles. The molecule has 0 unspecified atom stereocenters. The van der Waals surface area contributed by atoms with Crippen molar-refractivity contribution in [2.24, 2.45) is 0 Å². The Balaban J connectivity index is 2.06. The summed E-state index contributed by atoms with van der Waals surface area (Å²) in [7, 11) is 0. The number of ether oxygens (including phenoxy) is 1. The highest BCUT2D eigenvalue weighted by Crippen LogP contribution is 2.17. The first kappa shape index (κ1) is 14.9. The van der Waals surface area contributed by atoms with Gasteiger partial charge in [-0.25, -0.2) is 14.3 Å². The quantitative estimate of drug-likeness (QED) is 0.903. The van der Waals surface area contributed by atoms with Gasteiger partial charge in [0.2, 0.25) is 0 Å². The molecule has 1 aromatic carbocycles. The maximum Gasteiger partial charge on any atom is 0.407 e. The predicted octanol–water partition coefficient (Wildman–Crippen LogP) is 2.03. The lowest BCUT2D eigenvalue weighted by atomic mass is 10.1. The van der Waals surface area contributed by atoms with Gasteiger partial charge in [0.05, 0.1) is 0 Å². The van der Waals surface area contributed by atoms with Crippen molar-refractivity contribution in [2.45, 2.75) is 32.9 Å². The van der Waals surface area contributed by atoms with Gasteiger partial charge in [-0.15, -0.1) is 5.10 Å². The molecule has 112 valence electrons. The molecule has 7 nitrogen and oxygen atoms in total. The van der Waals surface area contributed by atoms with Gasteiger partial charge in [-0.2, -0.15) is 0 Å². The fourth-order valence-corrected chi connectivity index (χ4v) is 1.66. The Kier molecular flexibility index (Phi) is 4.15. The summed E-state index contributed by atoms with van der Waals surface area (Å²) < 4.78 is 18.7. The lowest BCUT2D eigenvalue weighted by Crippen LogP contribution is -2.32. The van der Waals surface area contributed by atoms with Crippen LogP contribution in [0.2, 0.25) is 0 Å². The molecule has 1 aromatic heterocycles. The molecule has 2 N–H and O–H groups in total. The fraction of sp³-hybridized carbons (Fsp3) is 0.385. The predicted molar refractivity (Wildman–Crippen MR) is 72.6 cm³/mol. The average molecular weight is 293 g/mol. The summed E-state index contributed by atoms with van der Waals surface area (Å²) in [6, 6.07) is 4.31. The van der Waals surface area contributed by atoms with Crippen LogP contribution in [0.5, 0.6) is 0 Å². The van der Waals surface area contributed by atoms with Crippen LogP contribution in [0.25, 0.3) is 11.4 Å². The van der Waals surface area contributed by atoms with Crippen molar-refractivity contribution in [1.82, 2.24) is 25.9 Å². The van der Waals surface area contributed by atoms with E-state index in [1.54, 1.807) is 26.8 Å². The lowest BCUT2D eigenvalue weighted by Gasteiger charge is -2.19. The Morgan fingerprint density at radius 2 is 2.14 bits per heavy atom. The Bertz CT molecular complexity index is 622. The summed E-state index contributed by atoms with van der Waals surface area (Å²) >= 11 is 0. The zero-order valence-electron chi connectivity index (χ0n) is 12.0. The number of hydrogen-bond donors (Lipinski definition) is 2. The minimum atomic E-state index is -0.581. The van der Waals surface area contributed by atoms with Crippen molar-refractivity contribution in [3.8, 4) is 11.4 Å². The van der Waals surface area contributed by atoms with Crippen molar-refractivity contribution >= 4 is 6.09 Å². The summed E-state index contributed by atoms with van der Waals surface area (Å²) in [5.74, 6) is -0.0853. The van der Waals surface area contributed by atoms with Crippen molar-refractivity contribution in [2.75, 3.05) is 0 Å². The highest BCUT2D eigenvalue weighted by atomic mass is 19.1. The maximum absolute atomic E-state index is 13.6. The number of nitrogens with zero attached hydrogens (tertiary/aromatic N) is 3. The number of halogens is 1. The number of tetrazole rings is 1. The van der Waals surface area contributed by atoms with Crippen LogP contribution in [0.3, 0.4) is 0 Å². The Morgan fingerprint density at radius 3 is 2.76 bits per heavy atom. The summed E-state index contributed by atoms with van der Waals surface area (Å²) in [6.45, 7) is 5.44. The molecule has 8 heteroatoms. The number of alkyl carbamates (subject to hydrolysis) is 1. The second-order valence-corrected chi connectivity index (χ2v) is 5.45. The van der Waals surface area contributed by atoms with E-state index in [4.69, 9.17) is 4.74 Å². The van der Waals surface area contributed by atoms with Gasteiger partial charge in [0.1, 0.15) is 11.4 Å². The smallest absolute Gasteiger partial charge is 0.407 e. The van der Waals surface area contributed by atoms with Crippen LogP contribution >= 0.6 is 0 Å². The molecule has 1 heterocycles. The SMILES string of the molecule is CC(C)(C)OC(=O)NCc1cc(F)cc(-c2nnn[nH]2)c1. The van der Waals surface area contributed by atoms with Crippen molar-refractivity contribution in [3.63, 3.8) is 0 Å². The van der Waals surface area contributed by atoms with Crippen LogP contribution in [0.1, 0.15) is 26.3 Å². The highest BCUT2D eigenvalue weighted by Gasteiger charge is 2.16. The van der Waals surface area contributed by atoms with E-state index in [2.05, 4.69) is 25.9 Å². The summed E-state index contributed by atoms with van der Waals surface area (Å²) in [5.41, 5.74) is 0.496. The first-order valence-corrected chi connectivity index (χ1v) is 6.34. The Labute approximate surface area is 120 Å². The monoisotopic (exact) mass is 293 g/mol. The molecule has 0 aliphatic carbocycles. The largest absolute Gasteiger partial charge is 0.444 e. The molecule has 0 spiro atoms. The van der Waals surface area contributed by atoms with Crippen molar-refractivity contribution in [3.05, 3.63) is 29.6 Å². The van der Waals surface area contributed by atoms with Crippen LogP contribution in [0.15, 0.2) is 18.2 Å². The molecule has 21 heavy (non-hydrogen) atoms. The molecule has 0 saturated carbocycles. The standard InChI is InChI=1S/C13H16FN5O2/c1-13(2,3)21-12(20)15-7-8-4-9(6-10(14)5-8)11-16-18-19-17-11/h4-6H,7H2,1-3H3,(H,15,20)(H,16,17,18,19). The van der Waals surface area contributed by atoms with Crippen LogP contribution in [-0.4, -0.2) is 32.3 Å². The molecule has 0 radical (unpaired) electrons. The minimum Gasteiger partial charge on any atom is -0.444 e. The number of carbonyl (C=O) groups is 1. The van der Waals surface area contributed by atoms with Gasteiger partial charge in [0.25, 0.3) is 0 Å². The summed E-state index contributed by atoms with van der Waals surface area (Å²) in [5, 5.41) is 15.7. The summed E-state index contributed by atoms with van der Waals surface area (Å²) in [4.78, 5) is 11.6. The van der Waals surface area contributed by atoms with Gasteiger partial charge in [-0.05, 0) is 55.0 Å². The molecular formula is C13H16FN5O2. The first-order valence-electron chi connectivity index (χ1n) is 6.34. The number of carbonyl (C=O) groups excluding carboxylic acids is 1. The van der Waals surface area contributed by atoms with E-state index in [1.165, 1.54) is 12.1 Å². The first-order chi connectivity index (χ1) is 9.83.